The summed E-state index contributed by atoms with van der Waals surface area (Å²) in [5.74, 6) is 0.896. The zero-order valence-electron chi connectivity index (χ0n) is 15.3. The molecule has 0 unspecified atom stereocenters. The Morgan fingerprint density at radius 1 is 1.11 bits per heavy atom. The van der Waals surface area contributed by atoms with Gasteiger partial charge < -0.3 is 9.47 Å². The lowest BCUT2D eigenvalue weighted by Crippen LogP contribution is -2.45. The van der Waals surface area contributed by atoms with Gasteiger partial charge in [-0.25, -0.2) is 0 Å². The van der Waals surface area contributed by atoms with E-state index in [-0.39, 0.29) is 0 Å². The van der Waals surface area contributed by atoms with Gasteiger partial charge in [-0.15, -0.1) is 11.3 Å². The molecule has 1 amide bonds. The molecular formula is C21H20N2O4S. The van der Waals surface area contributed by atoms with Crippen molar-refractivity contribution in [1.29, 1.82) is 0 Å². The molecule has 0 bridgehead atoms. The molecule has 1 aliphatic carbocycles. The number of nitrogens with zero attached hydrogens (tertiary/aromatic N) is 2. The number of rotatable bonds is 3. The summed E-state index contributed by atoms with van der Waals surface area (Å²) in [7, 11) is 0. The molecule has 4 heterocycles. The fourth-order valence-electron chi connectivity index (χ4n) is 4.67. The number of anilines is 1. The van der Waals surface area contributed by atoms with Crippen LogP contribution in [0.1, 0.15) is 39.7 Å². The summed E-state index contributed by atoms with van der Waals surface area (Å²) in [6.45, 7) is 2.28. The topological polar surface area (TPSA) is 59.1 Å². The molecule has 0 spiro atoms. The van der Waals surface area contributed by atoms with E-state index in [1.165, 1.54) is 23.3 Å². The normalized spacial score (nSPS) is 23.7. The van der Waals surface area contributed by atoms with Gasteiger partial charge in [-0.3, -0.25) is 19.4 Å². The Kier molecular flexibility index (Phi) is 3.58. The Morgan fingerprint density at radius 2 is 1.89 bits per heavy atom. The van der Waals surface area contributed by atoms with E-state index in [9.17, 15) is 9.59 Å². The first-order valence-electron chi connectivity index (χ1n) is 9.81. The zero-order valence-corrected chi connectivity index (χ0v) is 16.2. The maximum atomic E-state index is 12.8. The van der Waals surface area contributed by atoms with Gasteiger partial charge in [0.2, 0.25) is 0 Å². The molecule has 0 N–H and O–H groups in total. The second-order valence-corrected chi connectivity index (χ2v) is 8.86. The highest BCUT2D eigenvalue weighted by Gasteiger charge is 2.44. The van der Waals surface area contributed by atoms with Gasteiger partial charge in [0.15, 0.2) is 11.5 Å². The van der Waals surface area contributed by atoms with Gasteiger partial charge in [0.05, 0.1) is 17.9 Å². The number of Topliss-reactive ketones (excluding diaryl/α,β-unsaturated/α-hetero) is 1. The maximum absolute atomic E-state index is 12.8. The SMILES string of the molecule is O=C1C(=O)N(CN2CCc3sccc3[C@H]2C2CC2)c2cc3c(cc21)OCCO3. The van der Waals surface area contributed by atoms with E-state index in [4.69, 9.17) is 9.47 Å². The summed E-state index contributed by atoms with van der Waals surface area (Å²) in [6.07, 6.45) is 3.47. The van der Waals surface area contributed by atoms with Crippen molar-refractivity contribution in [3.63, 3.8) is 0 Å². The predicted octanol–water partition coefficient (Wildman–Crippen LogP) is 3.02. The third kappa shape index (κ3) is 2.42. The first-order chi connectivity index (χ1) is 13.7. The number of thiophene rings is 1. The summed E-state index contributed by atoms with van der Waals surface area (Å²) in [4.78, 5) is 30.9. The molecule has 2 aromatic rings. The van der Waals surface area contributed by atoms with Gasteiger partial charge >= 0.3 is 5.91 Å². The fourth-order valence-corrected chi connectivity index (χ4v) is 5.59. The van der Waals surface area contributed by atoms with Gasteiger partial charge in [0, 0.05) is 23.5 Å². The van der Waals surface area contributed by atoms with E-state index in [0.717, 1.165) is 13.0 Å². The minimum Gasteiger partial charge on any atom is -0.486 e. The molecule has 1 fully saturated rings. The number of ketones is 1. The van der Waals surface area contributed by atoms with Crippen LogP contribution in [0.2, 0.25) is 0 Å². The van der Waals surface area contributed by atoms with E-state index in [1.54, 1.807) is 17.0 Å². The molecule has 144 valence electrons. The van der Waals surface area contributed by atoms with Crippen LogP contribution in [0.25, 0.3) is 0 Å². The van der Waals surface area contributed by atoms with Crippen LogP contribution < -0.4 is 14.4 Å². The molecule has 1 aromatic carbocycles. The molecule has 4 aliphatic rings. The Morgan fingerprint density at radius 3 is 2.68 bits per heavy atom. The minimum atomic E-state index is -0.456. The molecule has 1 aromatic heterocycles. The third-order valence-corrected chi connectivity index (χ3v) is 7.14. The number of benzene rings is 1. The number of carbonyl (C=O) groups is 2. The number of carbonyl (C=O) groups excluding carboxylic acids is 2. The third-order valence-electron chi connectivity index (χ3n) is 6.14. The van der Waals surface area contributed by atoms with Crippen molar-refractivity contribution in [1.82, 2.24) is 4.90 Å². The average Bonchev–Trinajstić information content (AvgIpc) is 3.40. The van der Waals surface area contributed by atoms with Gasteiger partial charge in [-0.1, -0.05) is 0 Å². The van der Waals surface area contributed by atoms with Crippen LogP contribution >= 0.6 is 11.3 Å². The van der Waals surface area contributed by atoms with Crippen LogP contribution in [0.3, 0.4) is 0 Å². The lowest BCUT2D eigenvalue weighted by Gasteiger charge is -2.38. The molecule has 28 heavy (non-hydrogen) atoms. The zero-order chi connectivity index (χ0) is 18.8. The average molecular weight is 396 g/mol. The van der Waals surface area contributed by atoms with Crippen molar-refractivity contribution < 1.29 is 19.1 Å². The molecule has 7 heteroatoms. The van der Waals surface area contributed by atoms with Crippen molar-refractivity contribution in [3.05, 3.63) is 39.6 Å². The molecule has 0 saturated heterocycles. The smallest absolute Gasteiger partial charge is 0.300 e. The van der Waals surface area contributed by atoms with Gasteiger partial charge in [0.25, 0.3) is 5.78 Å². The second kappa shape index (κ2) is 6.06. The van der Waals surface area contributed by atoms with E-state index in [0.29, 0.717) is 54.6 Å². The first kappa shape index (κ1) is 16.6. The summed E-state index contributed by atoms with van der Waals surface area (Å²) < 4.78 is 11.3. The van der Waals surface area contributed by atoms with E-state index >= 15 is 0 Å². The van der Waals surface area contributed by atoms with Crippen LogP contribution in [0, 0.1) is 5.92 Å². The Bertz CT molecular complexity index is 996. The number of hydrogen-bond donors (Lipinski definition) is 0. The summed E-state index contributed by atoms with van der Waals surface area (Å²) in [6, 6.07) is 6.04. The van der Waals surface area contributed by atoms with Crippen molar-refractivity contribution in [2.45, 2.75) is 25.3 Å². The van der Waals surface area contributed by atoms with E-state index < -0.39 is 11.7 Å². The van der Waals surface area contributed by atoms with Crippen LogP contribution in [0.5, 0.6) is 11.5 Å². The van der Waals surface area contributed by atoms with Crippen molar-refractivity contribution in [2.75, 3.05) is 31.3 Å². The Hall–Kier alpha value is -2.38. The molecule has 1 saturated carbocycles. The number of fused-ring (bicyclic) bond motifs is 3. The van der Waals surface area contributed by atoms with Gasteiger partial charge in [-0.05, 0) is 48.3 Å². The van der Waals surface area contributed by atoms with Crippen LogP contribution in [0.15, 0.2) is 23.6 Å². The second-order valence-electron chi connectivity index (χ2n) is 7.86. The minimum absolute atomic E-state index is 0.346. The number of hydrogen-bond acceptors (Lipinski definition) is 6. The highest BCUT2D eigenvalue weighted by atomic mass is 32.1. The van der Waals surface area contributed by atoms with E-state index in [2.05, 4.69) is 16.3 Å². The maximum Gasteiger partial charge on any atom is 0.300 e. The number of ether oxygens (including phenoxy) is 2. The lowest BCUT2D eigenvalue weighted by molar-refractivity contribution is -0.114. The number of amides is 1. The molecule has 6 rings (SSSR count). The standard InChI is InChI=1S/C21H20N2O4S/c24-20-14-9-16-17(27-7-6-26-16)10-15(14)23(21(20)25)11-22-5-3-18-13(4-8-28-18)19(22)12-1-2-12/h4,8-10,12,19H,1-3,5-7,11H2/t19-/m1/s1. The largest absolute Gasteiger partial charge is 0.486 e. The molecule has 1 atom stereocenters. The van der Waals surface area contributed by atoms with Crippen LogP contribution in [0.4, 0.5) is 5.69 Å². The summed E-state index contributed by atoms with van der Waals surface area (Å²) in [5, 5.41) is 2.17. The van der Waals surface area contributed by atoms with E-state index in [1.807, 2.05) is 11.3 Å². The quantitative estimate of drug-likeness (QED) is 0.747. The monoisotopic (exact) mass is 396 g/mol. The van der Waals surface area contributed by atoms with Crippen molar-refractivity contribution >= 4 is 28.7 Å². The predicted molar refractivity (Wildman–Crippen MR) is 104 cm³/mol. The molecule has 6 nitrogen and oxygen atoms in total. The van der Waals surface area contributed by atoms with Crippen LogP contribution in [-0.4, -0.2) is 43.0 Å². The molecule has 3 aliphatic heterocycles. The Balaban J connectivity index is 1.35. The van der Waals surface area contributed by atoms with Gasteiger partial charge in [0.1, 0.15) is 13.2 Å². The molecule has 0 radical (unpaired) electrons. The fraction of sp³-hybridized carbons (Fsp3) is 0.429. The highest BCUT2D eigenvalue weighted by Crippen LogP contribution is 2.49. The van der Waals surface area contributed by atoms with Crippen molar-refractivity contribution in [3.8, 4) is 11.5 Å². The Labute approximate surface area is 166 Å². The van der Waals surface area contributed by atoms with Gasteiger partial charge in [-0.2, -0.15) is 0 Å². The van der Waals surface area contributed by atoms with Crippen LogP contribution in [-0.2, 0) is 11.2 Å². The summed E-state index contributed by atoms with van der Waals surface area (Å²) >= 11 is 1.83. The van der Waals surface area contributed by atoms with Crippen molar-refractivity contribution in [2.24, 2.45) is 5.92 Å². The highest BCUT2D eigenvalue weighted by molar-refractivity contribution is 7.10. The summed E-state index contributed by atoms with van der Waals surface area (Å²) in [5.41, 5.74) is 2.48. The lowest BCUT2D eigenvalue weighted by atomic mass is 9.96. The molecular weight excluding hydrogens is 376 g/mol. The first-order valence-corrected chi connectivity index (χ1v) is 10.7.